The Kier molecular flexibility index (Phi) is 5.38. The highest BCUT2D eigenvalue weighted by Gasteiger charge is 2.35. The van der Waals surface area contributed by atoms with Gasteiger partial charge in [-0.25, -0.2) is 13.4 Å². The number of aromatic nitrogens is 1. The van der Waals surface area contributed by atoms with Gasteiger partial charge in [0.05, 0.1) is 21.8 Å². The molecular weight excluding hydrogens is 448 g/mol. The van der Waals surface area contributed by atoms with Crippen molar-refractivity contribution in [2.45, 2.75) is 23.2 Å². The molecule has 1 aliphatic heterocycles. The van der Waals surface area contributed by atoms with E-state index < -0.39 is 16.1 Å². The molecule has 1 aliphatic rings. The summed E-state index contributed by atoms with van der Waals surface area (Å²) in [5.74, 6) is -0.412. The van der Waals surface area contributed by atoms with Gasteiger partial charge < -0.3 is 10.0 Å². The number of halogens is 1. The van der Waals surface area contributed by atoms with Gasteiger partial charge in [-0.3, -0.25) is 4.79 Å². The van der Waals surface area contributed by atoms with Crippen molar-refractivity contribution in [1.82, 2.24) is 14.6 Å². The molecule has 0 saturated carbocycles. The summed E-state index contributed by atoms with van der Waals surface area (Å²) in [4.78, 5) is 18.3. The van der Waals surface area contributed by atoms with Crippen molar-refractivity contribution in [3.8, 4) is 11.8 Å². The van der Waals surface area contributed by atoms with Crippen LogP contribution in [-0.2, 0) is 21.4 Å². The summed E-state index contributed by atoms with van der Waals surface area (Å²) >= 11 is 6.90. The fourth-order valence-corrected chi connectivity index (χ4v) is 5.96. The number of hydrogen-bond donors (Lipinski definition) is 2. The topological polar surface area (TPSA) is 123 Å². The lowest BCUT2D eigenvalue weighted by Gasteiger charge is -2.18. The number of nitrogens with one attached hydrogen (secondary N) is 1. The number of nitriles is 1. The van der Waals surface area contributed by atoms with E-state index in [0.29, 0.717) is 34.3 Å². The first kappa shape index (κ1) is 20.6. The van der Waals surface area contributed by atoms with Gasteiger partial charge in [0.25, 0.3) is 10.0 Å². The predicted octanol–water partition coefficient (Wildman–Crippen LogP) is 2.61. The van der Waals surface area contributed by atoms with Gasteiger partial charge >= 0.3 is 0 Å². The molecule has 3 aromatic rings. The third-order valence-corrected chi connectivity index (χ3v) is 7.99. The number of phenolic OH excluding ortho intramolecular Hbond substituents is 1. The number of aromatic hydroxyl groups is 1. The first-order valence-corrected chi connectivity index (χ1v) is 11.5. The summed E-state index contributed by atoms with van der Waals surface area (Å²) in [6.45, 7) is 0.412. The molecule has 2 N–H and O–H groups in total. The third kappa shape index (κ3) is 3.97. The van der Waals surface area contributed by atoms with E-state index in [4.69, 9.17) is 16.9 Å². The van der Waals surface area contributed by atoms with Gasteiger partial charge in [-0.2, -0.15) is 9.98 Å². The quantitative estimate of drug-likeness (QED) is 0.562. The van der Waals surface area contributed by atoms with E-state index in [2.05, 4.69) is 9.71 Å². The molecule has 0 bridgehead atoms. The fraction of sp³-hybridized carbons (Fsp3) is 0.211. The van der Waals surface area contributed by atoms with Crippen LogP contribution in [0.3, 0.4) is 0 Å². The number of benzene rings is 1. The molecule has 0 spiro atoms. The van der Waals surface area contributed by atoms with Crippen LogP contribution in [-0.4, -0.2) is 41.9 Å². The molecule has 1 fully saturated rings. The summed E-state index contributed by atoms with van der Waals surface area (Å²) in [7, 11) is -3.92. The van der Waals surface area contributed by atoms with Crippen molar-refractivity contribution in [2.24, 2.45) is 0 Å². The lowest BCUT2D eigenvalue weighted by Crippen LogP contribution is -2.41. The highest BCUT2D eigenvalue weighted by Crippen LogP contribution is 2.30. The van der Waals surface area contributed by atoms with E-state index in [0.717, 1.165) is 11.3 Å². The number of pyridine rings is 1. The van der Waals surface area contributed by atoms with Crippen LogP contribution in [0.4, 0.5) is 0 Å². The van der Waals surface area contributed by atoms with Gasteiger partial charge in [0.2, 0.25) is 5.91 Å². The predicted molar refractivity (Wildman–Crippen MR) is 112 cm³/mol. The molecule has 2 aromatic heterocycles. The Morgan fingerprint density at radius 1 is 1.33 bits per heavy atom. The number of carbonyl (C=O) groups is 1. The van der Waals surface area contributed by atoms with Crippen LogP contribution >= 0.6 is 22.9 Å². The van der Waals surface area contributed by atoms with Crippen molar-refractivity contribution in [1.29, 1.82) is 5.26 Å². The van der Waals surface area contributed by atoms with Crippen molar-refractivity contribution in [2.75, 3.05) is 6.54 Å². The third-order valence-electron chi connectivity index (χ3n) is 4.75. The summed E-state index contributed by atoms with van der Waals surface area (Å²) < 4.78 is 28.8. The molecule has 0 unspecified atom stereocenters. The molecule has 0 radical (unpaired) electrons. The van der Waals surface area contributed by atoms with Crippen LogP contribution in [0, 0.1) is 11.3 Å². The van der Waals surface area contributed by atoms with Gasteiger partial charge in [0, 0.05) is 18.7 Å². The molecule has 4 rings (SSSR count). The molecule has 0 aliphatic carbocycles. The maximum atomic E-state index is 12.8. The summed E-state index contributed by atoms with van der Waals surface area (Å²) in [5.41, 5.74) is 1.27. The zero-order chi connectivity index (χ0) is 21.5. The van der Waals surface area contributed by atoms with Crippen molar-refractivity contribution < 1.29 is 18.3 Å². The minimum atomic E-state index is -3.92. The molecule has 154 valence electrons. The largest absolute Gasteiger partial charge is 0.508 e. The Bertz CT molecular complexity index is 1300. The van der Waals surface area contributed by atoms with Gasteiger partial charge in [-0.15, -0.1) is 11.3 Å². The number of amides is 1. The minimum absolute atomic E-state index is 0.0257. The number of nitrogens with zero attached hydrogens (tertiary/aromatic N) is 3. The molecular formula is C19H15ClN4O4S2. The Morgan fingerprint density at radius 2 is 2.13 bits per heavy atom. The highest BCUT2D eigenvalue weighted by molar-refractivity contribution is 7.91. The van der Waals surface area contributed by atoms with Crippen LogP contribution in [0.2, 0.25) is 5.15 Å². The lowest BCUT2D eigenvalue weighted by atomic mass is 10.1. The molecule has 1 amide bonds. The SMILES string of the molecule is N#Cc1ccc(O)c(CN2CC[C@H](NS(=O)(=O)c3cc4nc(Cl)ccc4s3)C2=O)c1. The number of thiophene rings is 1. The average molecular weight is 463 g/mol. The Balaban J connectivity index is 1.50. The van der Waals surface area contributed by atoms with Crippen LogP contribution < -0.4 is 4.72 Å². The van der Waals surface area contributed by atoms with Gasteiger partial charge in [-0.1, -0.05) is 11.6 Å². The van der Waals surface area contributed by atoms with E-state index in [-0.39, 0.29) is 27.6 Å². The number of fused-ring (bicyclic) bond motifs is 1. The molecule has 1 atom stereocenters. The number of rotatable bonds is 5. The maximum absolute atomic E-state index is 12.8. The number of likely N-dealkylation sites (tertiary alicyclic amines) is 1. The second kappa shape index (κ2) is 7.85. The van der Waals surface area contributed by atoms with Crippen LogP contribution in [0.25, 0.3) is 10.2 Å². The van der Waals surface area contributed by atoms with E-state index in [1.165, 1.54) is 29.2 Å². The molecule has 1 aromatic carbocycles. The van der Waals surface area contributed by atoms with E-state index in [1.54, 1.807) is 12.1 Å². The Morgan fingerprint density at radius 3 is 2.90 bits per heavy atom. The standard InChI is InChI=1S/C19H15ClN4O4S2/c20-17-4-3-16-14(22-17)8-18(29-16)30(27,28)23-13-5-6-24(19(13)26)10-12-7-11(9-21)1-2-15(12)25/h1-4,7-8,13,23,25H,5-6,10H2/t13-/m0/s1. The number of hydrogen-bond acceptors (Lipinski definition) is 7. The van der Waals surface area contributed by atoms with Crippen molar-refractivity contribution >= 4 is 49.1 Å². The number of sulfonamides is 1. The molecule has 30 heavy (non-hydrogen) atoms. The van der Waals surface area contributed by atoms with Crippen molar-refractivity contribution in [3.63, 3.8) is 0 Å². The van der Waals surface area contributed by atoms with Gasteiger partial charge in [-0.05, 0) is 42.8 Å². The average Bonchev–Trinajstić information content (AvgIpc) is 3.28. The van der Waals surface area contributed by atoms with E-state index >= 15 is 0 Å². The van der Waals surface area contributed by atoms with Gasteiger partial charge in [0.15, 0.2) is 0 Å². The number of phenols is 1. The number of carbonyl (C=O) groups excluding carboxylic acids is 1. The highest BCUT2D eigenvalue weighted by atomic mass is 35.5. The first-order valence-electron chi connectivity index (χ1n) is 8.86. The second-order valence-corrected chi connectivity index (χ2v) is 10.2. The second-order valence-electron chi connectivity index (χ2n) is 6.76. The minimum Gasteiger partial charge on any atom is -0.508 e. The fourth-order valence-electron chi connectivity index (χ4n) is 3.25. The van der Waals surface area contributed by atoms with Crippen LogP contribution in [0.5, 0.6) is 5.75 Å². The Hall–Kier alpha value is -2.71. The van der Waals surface area contributed by atoms with E-state index in [9.17, 15) is 18.3 Å². The molecule has 3 heterocycles. The summed E-state index contributed by atoms with van der Waals surface area (Å²) in [6.07, 6.45) is 0.297. The smallest absolute Gasteiger partial charge is 0.250 e. The summed E-state index contributed by atoms with van der Waals surface area (Å²) in [5, 5.41) is 19.3. The maximum Gasteiger partial charge on any atom is 0.250 e. The zero-order valence-corrected chi connectivity index (χ0v) is 17.8. The molecule has 11 heteroatoms. The monoisotopic (exact) mass is 462 g/mol. The Labute approximate surface area is 181 Å². The molecule has 1 saturated heterocycles. The lowest BCUT2D eigenvalue weighted by molar-refractivity contribution is -0.129. The molecule has 8 nitrogen and oxygen atoms in total. The van der Waals surface area contributed by atoms with Gasteiger partial charge in [0.1, 0.15) is 21.2 Å². The zero-order valence-electron chi connectivity index (χ0n) is 15.4. The first-order chi connectivity index (χ1) is 14.3. The van der Waals surface area contributed by atoms with Crippen molar-refractivity contribution in [3.05, 3.63) is 52.7 Å². The van der Waals surface area contributed by atoms with Crippen LogP contribution in [0.1, 0.15) is 17.5 Å². The normalized spacial score (nSPS) is 16.9. The van der Waals surface area contributed by atoms with Crippen LogP contribution in [0.15, 0.2) is 40.6 Å². The summed E-state index contributed by atoms with van der Waals surface area (Å²) in [6, 6.07) is 10.2. The van der Waals surface area contributed by atoms with E-state index in [1.807, 2.05) is 6.07 Å².